The highest BCUT2D eigenvalue weighted by molar-refractivity contribution is 7.99. The number of hydrogen-bond acceptors (Lipinski definition) is 3. The van der Waals surface area contributed by atoms with Crippen LogP contribution in [-0.2, 0) is 13.5 Å². The molecular weight excluding hydrogens is 261 g/mol. The summed E-state index contributed by atoms with van der Waals surface area (Å²) in [6.07, 6.45) is 0.777. The van der Waals surface area contributed by atoms with Gasteiger partial charge in [0.2, 0.25) is 0 Å². The number of aromatic nitrogens is 2. The molecule has 0 amide bonds. The smallest absolute Gasteiger partial charge is 0.124 e. The Hall–Kier alpha value is -1.33. The Bertz CT molecular complexity index is 553. The van der Waals surface area contributed by atoms with E-state index in [-0.39, 0.29) is 11.9 Å². The van der Waals surface area contributed by atoms with Crippen LogP contribution in [0.15, 0.2) is 35.2 Å². The highest BCUT2D eigenvalue weighted by atomic mass is 32.2. The van der Waals surface area contributed by atoms with Crippen LogP contribution in [0.5, 0.6) is 0 Å². The zero-order chi connectivity index (χ0) is 13.8. The molecule has 1 atom stereocenters. The van der Waals surface area contributed by atoms with E-state index in [1.54, 1.807) is 17.8 Å². The average molecular weight is 279 g/mol. The molecule has 0 radical (unpaired) electrons. The zero-order valence-corrected chi connectivity index (χ0v) is 12.0. The molecule has 2 rings (SSSR count). The van der Waals surface area contributed by atoms with Crippen molar-refractivity contribution in [3.8, 4) is 0 Å². The predicted octanol–water partition coefficient (Wildman–Crippen LogP) is 2.53. The maximum absolute atomic E-state index is 13.0. The summed E-state index contributed by atoms with van der Waals surface area (Å²) in [5.74, 6) is 0.550. The normalized spacial score (nSPS) is 12.6. The SMILES string of the molecule is Cc1cc(CC(N)CSc2cccc(F)c2)n(C)n1. The van der Waals surface area contributed by atoms with E-state index < -0.39 is 0 Å². The van der Waals surface area contributed by atoms with Gasteiger partial charge in [-0.25, -0.2) is 4.39 Å². The van der Waals surface area contributed by atoms with Crippen molar-refractivity contribution in [1.82, 2.24) is 9.78 Å². The van der Waals surface area contributed by atoms with E-state index >= 15 is 0 Å². The molecule has 2 N–H and O–H groups in total. The summed E-state index contributed by atoms with van der Waals surface area (Å²) in [6, 6.07) is 8.67. The Morgan fingerprint density at radius 3 is 2.84 bits per heavy atom. The van der Waals surface area contributed by atoms with Crippen molar-refractivity contribution in [2.75, 3.05) is 5.75 Å². The first-order chi connectivity index (χ1) is 9.04. The molecule has 0 aliphatic rings. The van der Waals surface area contributed by atoms with Crippen molar-refractivity contribution in [1.29, 1.82) is 0 Å². The number of nitrogens with two attached hydrogens (primary N) is 1. The molecule has 1 aromatic heterocycles. The lowest BCUT2D eigenvalue weighted by Crippen LogP contribution is -2.26. The minimum absolute atomic E-state index is 0.0306. The summed E-state index contributed by atoms with van der Waals surface area (Å²) in [4.78, 5) is 0.914. The molecule has 1 aromatic carbocycles. The molecule has 0 fully saturated rings. The largest absolute Gasteiger partial charge is 0.327 e. The molecule has 102 valence electrons. The Balaban J connectivity index is 1.88. The molecule has 0 spiro atoms. The maximum atomic E-state index is 13.0. The first kappa shape index (κ1) is 14.1. The molecule has 0 bridgehead atoms. The van der Waals surface area contributed by atoms with Gasteiger partial charge in [-0.15, -0.1) is 11.8 Å². The summed E-state index contributed by atoms with van der Waals surface area (Å²) in [5, 5.41) is 4.30. The van der Waals surface area contributed by atoms with E-state index in [1.165, 1.54) is 12.1 Å². The lowest BCUT2D eigenvalue weighted by molar-refractivity contribution is 0.624. The highest BCUT2D eigenvalue weighted by Crippen LogP contribution is 2.20. The lowest BCUT2D eigenvalue weighted by Gasteiger charge is -2.11. The Morgan fingerprint density at radius 1 is 1.42 bits per heavy atom. The van der Waals surface area contributed by atoms with Gasteiger partial charge in [0, 0.05) is 35.9 Å². The van der Waals surface area contributed by atoms with Gasteiger partial charge >= 0.3 is 0 Å². The second kappa shape index (κ2) is 6.21. The van der Waals surface area contributed by atoms with Gasteiger partial charge in [-0.1, -0.05) is 6.07 Å². The van der Waals surface area contributed by atoms with E-state index in [4.69, 9.17) is 5.73 Å². The molecule has 2 aromatic rings. The summed E-state index contributed by atoms with van der Waals surface area (Å²) < 4.78 is 14.9. The average Bonchev–Trinajstić information content (AvgIpc) is 2.65. The quantitative estimate of drug-likeness (QED) is 0.855. The first-order valence-electron chi connectivity index (χ1n) is 6.18. The fraction of sp³-hybridized carbons (Fsp3) is 0.357. The fourth-order valence-electron chi connectivity index (χ4n) is 1.94. The number of thioether (sulfide) groups is 1. The van der Waals surface area contributed by atoms with Gasteiger partial charge in [0.25, 0.3) is 0 Å². The zero-order valence-electron chi connectivity index (χ0n) is 11.1. The molecule has 5 heteroatoms. The fourth-order valence-corrected chi connectivity index (χ4v) is 2.84. The standard InChI is InChI=1S/C14H18FN3S/c1-10-6-13(18(2)17-10)8-12(16)9-19-14-5-3-4-11(15)7-14/h3-7,12H,8-9,16H2,1-2H3. The summed E-state index contributed by atoms with van der Waals surface area (Å²) in [7, 11) is 1.93. The van der Waals surface area contributed by atoms with E-state index in [9.17, 15) is 4.39 Å². The summed E-state index contributed by atoms with van der Waals surface area (Å²) in [5.41, 5.74) is 8.25. The third-order valence-corrected chi connectivity index (χ3v) is 4.01. The van der Waals surface area contributed by atoms with Crippen LogP contribution in [-0.4, -0.2) is 21.6 Å². The van der Waals surface area contributed by atoms with Crippen molar-refractivity contribution in [3.63, 3.8) is 0 Å². The van der Waals surface area contributed by atoms with Crippen LogP contribution >= 0.6 is 11.8 Å². The van der Waals surface area contributed by atoms with Crippen LogP contribution in [0.25, 0.3) is 0 Å². The molecule has 0 aliphatic carbocycles. The topological polar surface area (TPSA) is 43.8 Å². The summed E-state index contributed by atoms with van der Waals surface area (Å²) in [6.45, 7) is 1.97. The number of hydrogen-bond donors (Lipinski definition) is 1. The van der Waals surface area contributed by atoms with Gasteiger partial charge in [0.1, 0.15) is 5.82 Å². The van der Waals surface area contributed by atoms with Crippen LogP contribution in [0, 0.1) is 12.7 Å². The van der Waals surface area contributed by atoms with Crippen molar-refractivity contribution < 1.29 is 4.39 Å². The third-order valence-electron chi connectivity index (χ3n) is 2.83. The van der Waals surface area contributed by atoms with Crippen molar-refractivity contribution in [3.05, 3.63) is 47.5 Å². The van der Waals surface area contributed by atoms with E-state index in [0.29, 0.717) is 0 Å². The minimum atomic E-state index is -0.208. The Kier molecular flexibility index (Phi) is 4.61. The molecule has 1 heterocycles. The monoisotopic (exact) mass is 279 g/mol. The van der Waals surface area contributed by atoms with Gasteiger partial charge in [-0.3, -0.25) is 4.68 Å². The second-order valence-corrected chi connectivity index (χ2v) is 5.73. The van der Waals surface area contributed by atoms with Crippen LogP contribution < -0.4 is 5.73 Å². The minimum Gasteiger partial charge on any atom is -0.327 e. The number of benzene rings is 1. The van der Waals surface area contributed by atoms with Crippen molar-refractivity contribution in [2.24, 2.45) is 12.8 Å². The third kappa shape index (κ3) is 4.08. The van der Waals surface area contributed by atoms with Crippen LogP contribution in [0.4, 0.5) is 4.39 Å². The number of nitrogens with zero attached hydrogens (tertiary/aromatic N) is 2. The Morgan fingerprint density at radius 2 is 2.21 bits per heavy atom. The van der Waals surface area contributed by atoms with E-state index in [1.807, 2.05) is 30.8 Å². The molecule has 0 saturated carbocycles. The van der Waals surface area contributed by atoms with Gasteiger partial charge in [0.05, 0.1) is 5.69 Å². The van der Waals surface area contributed by atoms with Gasteiger partial charge in [-0.05, 0) is 31.2 Å². The number of rotatable bonds is 5. The summed E-state index contributed by atoms with van der Waals surface area (Å²) >= 11 is 1.58. The molecule has 1 unspecified atom stereocenters. The molecular formula is C14H18FN3S. The van der Waals surface area contributed by atoms with Gasteiger partial charge < -0.3 is 5.73 Å². The first-order valence-corrected chi connectivity index (χ1v) is 7.16. The van der Waals surface area contributed by atoms with Gasteiger partial charge in [0.15, 0.2) is 0 Å². The molecule has 0 aliphatic heterocycles. The van der Waals surface area contributed by atoms with Gasteiger partial charge in [-0.2, -0.15) is 5.10 Å². The molecule has 0 saturated heterocycles. The number of aryl methyl sites for hydroxylation is 2. The highest BCUT2D eigenvalue weighted by Gasteiger charge is 2.09. The van der Waals surface area contributed by atoms with Crippen molar-refractivity contribution in [2.45, 2.75) is 24.3 Å². The van der Waals surface area contributed by atoms with E-state index in [0.717, 1.165) is 28.5 Å². The maximum Gasteiger partial charge on any atom is 0.124 e. The second-order valence-electron chi connectivity index (χ2n) is 4.63. The lowest BCUT2D eigenvalue weighted by atomic mass is 10.2. The predicted molar refractivity (Wildman–Crippen MR) is 76.7 cm³/mol. The van der Waals surface area contributed by atoms with E-state index in [2.05, 4.69) is 5.10 Å². The van der Waals surface area contributed by atoms with Crippen molar-refractivity contribution >= 4 is 11.8 Å². The van der Waals surface area contributed by atoms with Crippen LogP contribution in [0.3, 0.4) is 0 Å². The van der Waals surface area contributed by atoms with Crippen LogP contribution in [0.2, 0.25) is 0 Å². The van der Waals surface area contributed by atoms with Crippen LogP contribution in [0.1, 0.15) is 11.4 Å². The molecule has 3 nitrogen and oxygen atoms in total. The number of halogens is 1. The molecule has 19 heavy (non-hydrogen) atoms. The Labute approximate surface area is 117 Å².